The number of ether oxygens (including phenoxy) is 3. The third-order valence-corrected chi connectivity index (χ3v) is 4.68. The van der Waals surface area contributed by atoms with Gasteiger partial charge in [-0.05, 0) is 29.3 Å². The van der Waals surface area contributed by atoms with E-state index in [0.717, 1.165) is 22.4 Å². The van der Waals surface area contributed by atoms with E-state index in [2.05, 4.69) is 9.97 Å². The molecule has 7 nitrogen and oxygen atoms in total. The Bertz CT molecular complexity index is 1150. The number of aromatic nitrogens is 3. The molecular weight excluding hydrogens is 368 g/mol. The largest absolute Gasteiger partial charge is 0.493 e. The molecule has 2 aromatic heterocycles. The maximum absolute atomic E-state index is 6.20. The van der Waals surface area contributed by atoms with E-state index < -0.39 is 0 Å². The number of rotatable bonds is 5. The van der Waals surface area contributed by atoms with Crippen LogP contribution in [0.3, 0.4) is 0 Å². The van der Waals surface area contributed by atoms with Crippen molar-refractivity contribution in [2.24, 2.45) is 0 Å². The molecule has 0 amide bonds. The molecule has 0 aliphatic heterocycles. The first kappa shape index (κ1) is 18.5. The summed E-state index contributed by atoms with van der Waals surface area (Å²) < 4.78 is 16.5. The van der Waals surface area contributed by atoms with Crippen LogP contribution in [0.15, 0.2) is 54.9 Å². The normalized spacial score (nSPS) is 10.7. The first-order chi connectivity index (χ1) is 14.2. The smallest absolute Gasteiger partial charge is 0.203 e. The van der Waals surface area contributed by atoms with Gasteiger partial charge in [0.25, 0.3) is 0 Å². The lowest BCUT2D eigenvalue weighted by Crippen LogP contribution is -2.00. The second-order valence-electron chi connectivity index (χ2n) is 6.29. The van der Waals surface area contributed by atoms with Crippen LogP contribution in [0, 0.1) is 0 Å². The Labute approximate surface area is 168 Å². The molecule has 4 rings (SSSR count). The van der Waals surface area contributed by atoms with Crippen LogP contribution in [-0.2, 0) is 0 Å². The molecule has 0 unspecified atom stereocenters. The number of anilines is 1. The molecule has 29 heavy (non-hydrogen) atoms. The second kappa shape index (κ2) is 7.63. The lowest BCUT2D eigenvalue weighted by atomic mass is 9.99. The van der Waals surface area contributed by atoms with Gasteiger partial charge in [-0.25, -0.2) is 15.0 Å². The summed E-state index contributed by atoms with van der Waals surface area (Å²) in [6.07, 6.45) is 1.42. The second-order valence-corrected chi connectivity index (χ2v) is 6.29. The minimum Gasteiger partial charge on any atom is -0.493 e. The van der Waals surface area contributed by atoms with Crippen LogP contribution in [0.5, 0.6) is 17.2 Å². The third kappa shape index (κ3) is 3.27. The van der Waals surface area contributed by atoms with Crippen LogP contribution in [0.4, 0.5) is 5.82 Å². The quantitative estimate of drug-likeness (QED) is 0.553. The highest BCUT2D eigenvalue weighted by Crippen LogP contribution is 2.43. The molecule has 2 heterocycles. The van der Waals surface area contributed by atoms with Gasteiger partial charge in [0.15, 0.2) is 17.1 Å². The van der Waals surface area contributed by atoms with E-state index >= 15 is 0 Å². The zero-order valence-electron chi connectivity index (χ0n) is 16.3. The van der Waals surface area contributed by atoms with Crippen LogP contribution >= 0.6 is 0 Å². The van der Waals surface area contributed by atoms with Gasteiger partial charge in [-0.15, -0.1) is 0 Å². The van der Waals surface area contributed by atoms with E-state index in [1.54, 1.807) is 21.3 Å². The Hall–Kier alpha value is -3.87. The van der Waals surface area contributed by atoms with Crippen LogP contribution in [0.25, 0.3) is 33.4 Å². The van der Waals surface area contributed by atoms with Gasteiger partial charge in [-0.2, -0.15) is 0 Å². The number of hydrogen-bond donors (Lipinski definition) is 1. The van der Waals surface area contributed by atoms with Gasteiger partial charge >= 0.3 is 0 Å². The fourth-order valence-corrected chi connectivity index (χ4v) is 3.31. The molecule has 0 bridgehead atoms. The number of pyridine rings is 1. The fourth-order valence-electron chi connectivity index (χ4n) is 3.31. The highest BCUT2D eigenvalue weighted by molar-refractivity contribution is 6.01. The summed E-state index contributed by atoms with van der Waals surface area (Å²) in [5, 5.41) is 0.668. The standard InChI is InChI=1S/C22H20N4O3/c1-27-17-9-14(10-18(28-2)20(17)29-3)15-11-16(13-7-5-4-6-8-13)26-22-19(15)21(23)24-12-25-22/h4-12H,1-3H3,(H2,23,24,25,26). The van der Waals surface area contributed by atoms with Gasteiger partial charge in [0.05, 0.1) is 32.4 Å². The zero-order chi connectivity index (χ0) is 20.4. The molecular formula is C22H20N4O3. The molecule has 146 valence electrons. The molecule has 0 fully saturated rings. The molecule has 4 aromatic rings. The average molecular weight is 388 g/mol. The van der Waals surface area contributed by atoms with Crippen molar-refractivity contribution in [3.63, 3.8) is 0 Å². The molecule has 0 spiro atoms. The number of fused-ring (bicyclic) bond motifs is 1. The van der Waals surface area contributed by atoms with E-state index in [0.29, 0.717) is 34.1 Å². The molecule has 7 heteroatoms. The highest BCUT2D eigenvalue weighted by atomic mass is 16.5. The Kier molecular flexibility index (Phi) is 4.87. The topological polar surface area (TPSA) is 92.4 Å². The summed E-state index contributed by atoms with van der Waals surface area (Å²) in [4.78, 5) is 13.2. The molecule has 2 aromatic carbocycles. The average Bonchev–Trinajstić information content (AvgIpc) is 2.78. The first-order valence-electron chi connectivity index (χ1n) is 8.93. The van der Waals surface area contributed by atoms with E-state index in [1.165, 1.54) is 6.33 Å². The number of nitrogen functional groups attached to an aromatic ring is 1. The van der Waals surface area contributed by atoms with E-state index in [4.69, 9.17) is 24.9 Å². The van der Waals surface area contributed by atoms with Crippen molar-refractivity contribution in [3.8, 4) is 39.6 Å². The number of nitrogens with two attached hydrogens (primary N) is 1. The summed E-state index contributed by atoms with van der Waals surface area (Å²) in [5.74, 6) is 1.96. The zero-order valence-corrected chi connectivity index (χ0v) is 16.3. The molecule has 2 N–H and O–H groups in total. The predicted octanol–water partition coefficient (Wildman–Crippen LogP) is 3.97. The monoisotopic (exact) mass is 388 g/mol. The van der Waals surface area contributed by atoms with Gasteiger partial charge in [0, 0.05) is 5.56 Å². The molecule has 0 atom stereocenters. The van der Waals surface area contributed by atoms with E-state index in [-0.39, 0.29) is 0 Å². The minimum atomic E-state index is 0.353. The van der Waals surface area contributed by atoms with Crippen molar-refractivity contribution < 1.29 is 14.2 Å². The van der Waals surface area contributed by atoms with Crippen molar-refractivity contribution in [2.75, 3.05) is 27.1 Å². The van der Waals surface area contributed by atoms with Crippen LogP contribution in [0.1, 0.15) is 0 Å². The molecule has 0 saturated heterocycles. The van der Waals surface area contributed by atoms with Gasteiger partial charge in [0.2, 0.25) is 5.75 Å². The Balaban J connectivity index is 2.05. The highest BCUT2D eigenvalue weighted by Gasteiger charge is 2.18. The summed E-state index contributed by atoms with van der Waals surface area (Å²) in [5.41, 5.74) is 10.1. The number of methoxy groups -OCH3 is 3. The van der Waals surface area contributed by atoms with Crippen LogP contribution in [0.2, 0.25) is 0 Å². The first-order valence-corrected chi connectivity index (χ1v) is 8.93. The maximum atomic E-state index is 6.20. The molecule has 0 radical (unpaired) electrons. The third-order valence-electron chi connectivity index (χ3n) is 4.68. The fraction of sp³-hybridized carbons (Fsp3) is 0.136. The van der Waals surface area contributed by atoms with Gasteiger partial charge in [-0.3, -0.25) is 0 Å². The van der Waals surface area contributed by atoms with Crippen molar-refractivity contribution in [3.05, 3.63) is 54.9 Å². The molecule has 0 saturated carbocycles. The Morgan fingerprint density at radius 1 is 0.793 bits per heavy atom. The number of hydrogen-bond acceptors (Lipinski definition) is 7. The maximum Gasteiger partial charge on any atom is 0.203 e. The number of nitrogens with zero attached hydrogens (tertiary/aromatic N) is 3. The SMILES string of the molecule is COc1cc(-c2cc(-c3ccccc3)nc3ncnc(N)c23)cc(OC)c1OC. The minimum absolute atomic E-state index is 0.353. The lowest BCUT2D eigenvalue weighted by molar-refractivity contribution is 0.324. The Morgan fingerprint density at radius 3 is 2.10 bits per heavy atom. The van der Waals surface area contributed by atoms with Gasteiger partial charge in [0.1, 0.15) is 12.1 Å². The van der Waals surface area contributed by atoms with Crippen molar-refractivity contribution >= 4 is 16.9 Å². The summed E-state index contributed by atoms with van der Waals surface area (Å²) in [7, 11) is 4.73. The van der Waals surface area contributed by atoms with Crippen LogP contribution in [-0.4, -0.2) is 36.3 Å². The van der Waals surface area contributed by atoms with Gasteiger partial charge < -0.3 is 19.9 Å². The van der Waals surface area contributed by atoms with Crippen molar-refractivity contribution in [2.45, 2.75) is 0 Å². The molecule has 0 aliphatic rings. The van der Waals surface area contributed by atoms with Crippen molar-refractivity contribution in [1.29, 1.82) is 0 Å². The summed E-state index contributed by atoms with van der Waals surface area (Å²) in [6, 6.07) is 15.6. The van der Waals surface area contributed by atoms with E-state index in [1.807, 2.05) is 48.5 Å². The summed E-state index contributed by atoms with van der Waals surface area (Å²) in [6.45, 7) is 0. The van der Waals surface area contributed by atoms with Crippen LogP contribution < -0.4 is 19.9 Å². The van der Waals surface area contributed by atoms with Crippen molar-refractivity contribution in [1.82, 2.24) is 15.0 Å². The van der Waals surface area contributed by atoms with E-state index in [9.17, 15) is 0 Å². The Morgan fingerprint density at radius 2 is 1.48 bits per heavy atom. The number of benzene rings is 2. The van der Waals surface area contributed by atoms with Gasteiger partial charge in [-0.1, -0.05) is 30.3 Å². The lowest BCUT2D eigenvalue weighted by Gasteiger charge is -2.16. The molecule has 0 aliphatic carbocycles. The predicted molar refractivity (Wildman–Crippen MR) is 112 cm³/mol. The summed E-state index contributed by atoms with van der Waals surface area (Å²) >= 11 is 0.